The molecule has 0 spiro atoms. The van der Waals surface area contributed by atoms with Crippen molar-refractivity contribution in [1.82, 2.24) is 0 Å². The summed E-state index contributed by atoms with van der Waals surface area (Å²) >= 11 is 1.64. The Hall–Kier alpha value is -0.0600. The predicted molar refractivity (Wildman–Crippen MR) is 42.9 cm³/mol. The van der Waals surface area contributed by atoms with Gasteiger partial charge in [-0.3, -0.25) is 0 Å². The van der Waals surface area contributed by atoms with Gasteiger partial charge in [0.25, 0.3) is 0 Å². The van der Waals surface area contributed by atoms with Crippen LogP contribution in [0.5, 0.6) is 0 Å². The maximum Gasteiger partial charge on any atom is 0.363 e. The second kappa shape index (κ2) is 4.25. The highest BCUT2D eigenvalue weighted by Crippen LogP contribution is 2.42. The molecular formula is C7H9BrF4. The molecule has 0 aliphatic rings. The minimum absolute atomic E-state index is 0.0116. The van der Waals surface area contributed by atoms with Gasteiger partial charge in [0, 0.05) is 6.42 Å². The summed E-state index contributed by atoms with van der Waals surface area (Å²) in [6.45, 7) is 3.30. The minimum atomic E-state index is -4.11. The van der Waals surface area contributed by atoms with E-state index in [1.54, 1.807) is 15.9 Å². The van der Waals surface area contributed by atoms with Crippen molar-refractivity contribution in [3.63, 3.8) is 0 Å². The Balaban J connectivity index is 3.95. The van der Waals surface area contributed by atoms with Crippen molar-refractivity contribution in [3.05, 3.63) is 12.7 Å². The number of halogens is 5. The molecule has 5 heteroatoms. The molecule has 0 rings (SSSR count). The summed E-state index contributed by atoms with van der Waals surface area (Å²) in [6, 6.07) is 0. The number of hydrogen-bond donors (Lipinski definition) is 0. The number of hydrogen-bond acceptors (Lipinski definition) is 0. The van der Waals surface area contributed by atoms with Crippen molar-refractivity contribution in [2.75, 3.05) is 0 Å². The van der Waals surface area contributed by atoms with Crippen molar-refractivity contribution in [3.8, 4) is 0 Å². The van der Waals surface area contributed by atoms with E-state index >= 15 is 0 Å². The van der Waals surface area contributed by atoms with Gasteiger partial charge in [-0.2, -0.15) is 17.6 Å². The zero-order valence-electron chi connectivity index (χ0n) is 6.30. The summed E-state index contributed by atoms with van der Waals surface area (Å²) in [4.78, 5) is -4.11. The fraction of sp³-hybridized carbons (Fsp3) is 0.714. The maximum atomic E-state index is 12.4. The Morgan fingerprint density at radius 2 is 1.75 bits per heavy atom. The third-order valence-electron chi connectivity index (χ3n) is 1.31. The average Bonchev–Trinajstić information content (AvgIpc) is 1.85. The summed E-state index contributed by atoms with van der Waals surface area (Å²) in [7, 11) is 0. The third kappa shape index (κ3) is 3.56. The SMILES string of the molecule is C=CCCCC(F)(F)C(F)(F)Br. The van der Waals surface area contributed by atoms with Gasteiger partial charge in [0.2, 0.25) is 0 Å². The van der Waals surface area contributed by atoms with Crippen LogP contribution >= 0.6 is 15.9 Å². The van der Waals surface area contributed by atoms with Crippen LogP contribution in [0, 0.1) is 0 Å². The van der Waals surface area contributed by atoms with Crippen LogP contribution in [0.3, 0.4) is 0 Å². The van der Waals surface area contributed by atoms with Gasteiger partial charge in [0.1, 0.15) is 0 Å². The average molecular weight is 249 g/mol. The van der Waals surface area contributed by atoms with E-state index < -0.39 is 17.2 Å². The zero-order valence-corrected chi connectivity index (χ0v) is 7.88. The van der Waals surface area contributed by atoms with Gasteiger partial charge in [-0.15, -0.1) is 6.58 Å². The van der Waals surface area contributed by atoms with E-state index in [1.165, 1.54) is 6.08 Å². The first-order valence-corrected chi connectivity index (χ1v) is 4.16. The highest BCUT2D eigenvalue weighted by Gasteiger charge is 2.53. The van der Waals surface area contributed by atoms with Crippen molar-refractivity contribution < 1.29 is 17.6 Å². The van der Waals surface area contributed by atoms with E-state index in [2.05, 4.69) is 6.58 Å². The number of unbranched alkanes of at least 4 members (excludes halogenated alkanes) is 1. The zero-order chi connectivity index (χ0) is 9.83. The number of rotatable bonds is 5. The van der Waals surface area contributed by atoms with E-state index in [1.807, 2.05) is 0 Å². The molecule has 0 aromatic rings. The fourth-order valence-electron chi connectivity index (χ4n) is 0.610. The maximum absolute atomic E-state index is 12.4. The molecule has 0 N–H and O–H groups in total. The Bertz CT molecular complexity index is 150. The summed E-state index contributed by atoms with van der Waals surface area (Å²) < 4.78 is 49.0. The largest absolute Gasteiger partial charge is 0.363 e. The topological polar surface area (TPSA) is 0 Å². The molecule has 0 atom stereocenters. The first kappa shape index (κ1) is 11.9. The van der Waals surface area contributed by atoms with Gasteiger partial charge in [0.05, 0.1) is 0 Å². The van der Waals surface area contributed by atoms with Crippen molar-refractivity contribution in [2.24, 2.45) is 0 Å². The molecule has 12 heavy (non-hydrogen) atoms. The van der Waals surface area contributed by atoms with E-state index in [4.69, 9.17) is 0 Å². The Labute approximate surface area is 76.8 Å². The number of allylic oxidation sites excluding steroid dienone is 1. The van der Waals surface area contributed by atoms with E-state index in [-0.39, 0.29) is 6.42 Å². The molecule has 0 aliphatic carbocycles. The van der Waals surface area contributed by atoms with E-state index in [0.717, 1.165) is 0 Å². The van der Waals surface area contributed by atoms with Crippen molar-refractivity contribution in [1.29, 1.82) is 0 Å². The minimum Gasteiger partial charge on any atom is -0.199 e. The normalized spacial score (nSPS) is 13.1. The molecule has 0 saturated carbocycles. The lowest BCUT2D eigenvalue weighted by molar-refractivity contribution is -0.151. The molecule has 0 amide bonds. The monoisotopic (exact) mass is 248 g/mol. The summed E-state index contributed by atoms with van der Waals surface area (Å²) in [6.07, 6.45) is 0.913. The lowest BCUT2D eigenvalue weighted by Crippen LogP contribution is -2.34. The summed E-state index contributed by atoms with van der Waals surface area (Å²) in [5.41, 5.74) is 0. The third-order valence-corrected chi connectivity index (χ3v) is 1.89. The van der Waals surface area contributed by atoms with Crippen molar-refractivity contribution >= 4 is 15.9 Å². The number of alkyl halides is 5. The Morgan fingerprint density at radius 1 is 1.25 bits per heavy atom. The van der Waals surface area contributed by atoms with Gasteiger partial charge in [-0.05, 0) is 28.8 Å². The smallest absolute Gasteiger partial charge is 0.199 e. The van der Waals surface area contributed by atoms with Gasteiger partial charge in [0.15, 0.2) is 0 Å². The van der Waals surface area contributed by atoms with Gasteiger partial charge >= 0.3 is 10.8 Å². The van der Waals surface area contributed by atoms with Crippen LogP contribution in [-0.2, 0) is 0 Å². The van der Waals surface area contributed by atoms with Gasteiger partial charge in [-0.1, -0.05) is 6.08 Å². The molecule has 0 aliphatic heterocycles. The Morgan fingerprint density at radius 3 is 2.08 bits per heavy atom. The molecule has 0 bridgehead atoms. The van der Waals surface area contributed by atoms with Crippen LogP contribution < -0.4 is 0 Å². The van der Waals surface area contributed by atoms with Crippen LogP contribution in [0.4, 0.5) is 17.6 Å². The van der Waals surface area contributed by atoms with Gasteiger partial charge in [-0.25, -0.2) is 0 Å². The first-order valence-electron chi connectivity index (χ1n) is 3.36. The van der Waals surface area contributed by atoms with E-state index in [0.29, 0.717) is 6.42 Å². The van der Waals surface area contributed by atoms with Crippen LogP contribution in [-0.4, -0.2) is 10.8 Å². The second-order valence-electron chi connectivity index (χ2n) is 2.38. The lowest BCUT2D eigenvalue weighted by atomic mass is 10.1. The van der Waals surface area contributed by atoms with Crippen molar-refractivity contribution in [2.45, 2.75) is 30.0 Å². The first-order chi connectivity index (χ1) is 5.31. The molecule has 0 aromatic carbocycles. The molecule has 0 nitrogen and oxygen atoms in total. The highest BCUT2D eigenvalue weighted by atomic mass is 79.9. The molecule has 0 radical (unpaired) electrons. The fourth-order valence-corrected chi connectivity index (χ4v) is 0.808. The Kier molecular flexibility index (Phi) is 4.23. The van der Waals surface area contributed by atoms with Crippen LogP contribution in [0.1, 0.15) is 19.3 Å². The molecule has 0 fully saturated rings. The standard InChI is InChI=1S/C7H9BrF4/c1-2-3-4-5-6(9,10)7(8,11)12/h2H,1,3-5H2. The van der Waals surface area contributed by atoms with Crippen LogP contribution in [0.25, 0.3) is 0 Å². The van der Waals surface area contributed by atoms with E-state index in [9.17, 15) is 17.6 Å². The molecule has 0 heterocycles. The second-order valence-corrected chi connectivity index (χ2v) is 3.38. The predicted octanol–water partition coefficient (Wildman–Crippen LogP) is 3.97. The van der Waals surface area contributed by atoms with Crippen LogP contribution in [0.2, 0.25) is 0 Å². The molecule has 72 valence electrons. The summed E-state index contributed by atoms with van der Waals surface area (Å²) in [5, 5.41) is 0. The van der Waals surface area contributed by atoms with Gasteiger partial charge < -0.3 is 0 Å². The molecule has 0 aromatic heterocycles. The molecular weight excluding hydrogens is 240 g/mol. The quantitative estimate of drug-likeness (QED) is 0.299. The summed E-state index contributed by atoms with van der Waals surface area (Å²) in [5.74, 6) is -3.98. The molecule has 0 unspecified atom stereocenters. The highest BCUT2D eigenvalue weighted by molar-refractivity contribution is 9.10. The van der Waals surface area contributed by atoms with Crippen LogP contribution in [0.15, 0.2) is 12.7 Å². The molecule has 0 saturated heterocycles. The lowest BCUT2D eigenvalue weighted by Gasteiger charge is -2.20.